The Morgan fingerprint density at radius 2 is 2.12 bits per heavy atom. The highest BCUT2D eigenvalue weighted by Crippen LogP contribution is 2.34. The fraction of sp³-hybridized carbons (Fsp3) is 0.500. The number of likely N-dealkylation sites (tertiary alicyclic amines) is 1. The van der Waals surface area contributed by atoms with Crippen molar-refractivity contribution in [2.75, 3.05) is 19.7 Å². The minimum absolute atomic E-state index is 0.0260. The Bertz CT molecular complexity index is 776. The van der Waals surface area contributed by atoms with Gasteiger partial charge in [0.25, 0.3) is 0 Å². The van der Waals surface area contributed by atoms with Crippen LogP contribution in [-0.4, -0.2) is 47.6 Å². The third-order valence-corrected chi connectivity index (χ3v) is 5.20. The predicted octanol–water partition coefficient (Wildman–Crippen LogP) is 2.21. The summed E-state index contributed by atoms with van der Waals surface area (Å²) in [4.78, 5) is 19.5. The van der Waals surface area contributed by atoms with Crippen molar-refractivity contribution in [1.29, 1.82) is 0 Å². The molecule has 2 fully saturated rings. The third-order valence-electron chi connectivity index (χ3n) is 5.20. The molecule has 5 nitrogen and oxygen atoms in total. The Kier molecular flexibility index (Phi) is 4.44. The van der Waals surface area contributed by atoms with Crippen LogP contribution in [0.3, 0.4) is 0 Å². The molecule has 4 rings (SSSR count). The fourth-order valence-electron chi connectivity index (χ4n) is 4.01. The van der Waals surface area contributed by atoms with E-state index in [1.165, 1.54) is 5.39 Å². The van der Waals surface area contributed by atoms with E-state index in [-0.39, 0.29) is 24.0 Å². The van der Waals surface area contributed by atoms with Crippen molar-refractivity contribution >= 4 is 16.8 Å². The topological polar surface area (TPSA) is 54.5 Å². The highest BCUT2D eigenvalue weighted by Gasteiger charge is 2.46. The number of benzene rings is 1. The largest absolute Gasteiger partial charge is 0.376 e. The van der Waals surface area contributed by atoms with Gasteiger partial charge in [-0.25, -0.2) is 0 Å². The summed E-state index contributed by atoms with van der Waals surface area (Å²) in [5.74, 6) is 0.398. The molecule has 0 aliphatic carbocycles. The number of carbonyl (C=O) groups is 1. The molecule has 25 heavy (non-hydrogen) atoms. The second-order valence-corrected chi connectivity index (χ2v) is 7.49. The van der Waals surface area contributed by atoms with Crippen molar-refractivity contribution in [1.82, 2.24) is 15.2 Å². The first kappa shape index (κ1) is 16.5. The number of ether oxygens (including phenoxy) is 1. The van der Waals surface area contributed by atoms with E-state index < -0.39 is 0 Å². The zero-order valence-electron chi connectivity index (χ0n) is 14.8. The molecule has 5 heteroatoms. The number of nitrogens with one attached hydrogen (secondary N) is 1. The van der Waals surface area contributed by atoms with Crippen LogP contribution in [0.15, 0.2) is 36.4 Å². The molecule has 2 saturated heterocycles. The van der Waals surface area contributed by atoms with Crippen LogP contribution in [0.25, 0.3) is 10.9 Å². The van der Waals surface area contributed by atoms with Gasteiger partial charge in [0, 0.05) is 37.0 Å². The lowest BCUT2D eigenvalue weighted by Crippen LogP contribution is -2.39. The highest BCUT2D eigenvalue weighted by molar-refractivity contribution is 5.80. The Hall–Kier alpha value is -1.98. The summed E-state index contributed by atoms with van der Waals surface area (Å²) in [6.45, 7) is 7.13. The molecule has 1 N–H and O–H groups in total. The molecule has 3 atom stereocenters. The lowest BCUT2D eigenvalue weighted by atomic mass is 9.92. The van der Waals surface area contributed by atoms with Crippen molar-refractivity contribution in [3.05, 3.63) is 42.1 Å². The first-order valence-corrected chi connectivity index (χ1v) is 9.09. The summed E-state index contributed by atoms with van der Waals surface area (Å²) < 4.78 is 5.91. The first-order chi connectivity index (χ1) is 12.1. The van der Waals surface area contributed by atoms with Crippen molar-refractivity contribution < 1.29 is 9.53 Å². The minimum Gasteiger partial charge on any atom is -0.376 e. The highest BCUT2D eigenvalue weighted by atomic mass is 16.5. The van der Waals surface area contributed by atoms with Crippen molar-refractivity contribution in [2.24, 2.45) is 11.8 Å². The van der Waals surface area contributed by atoms with Gasteiger partial charge in [0.1, 0.15) is 0 Å². The maximum atomic E-state index is 12.4. The SMILES string of the molecule is CC(C)NC(=O)[C@@H]1CO[C@H]2CN(Cc3ccc4ccccc4n3)C[C@H]21. The van der Waals surface area contributed by atoms with Gasteiger partial charge >= 0.3 is 0 Å². The lowest BCUT2D eigenvalue weighted by Gasteiger charge is -2.20. The molecule has 0 unspecified atom stereocenters. The smallest absolute Gasteiger partial charge is 0.226 e. The normalized spacial score (nSPS) is 26.3. The number of pyridine rings is 1. The standard InChI is InChI=1S/C20H25N3O2/c1-13(2)21-20(24)17-12-25-19-11-23(10-16(17)19)9-15-8-7-14-5-3-4-6-18(14)22-15/h3-8,13,16-17,19H,9-12H2,1-2H3,(H,21,24)/t16-,17+,19-/m0/s1. The molecular weight excluding hydrogens is 314 g/mol. The van der Waals surface area contributed by atoms with E-state index in [9.17, 15) is 4.79 Å². The average Bonchev–Trinajstić information content (AvgIpc) is 3.14. The number of rotatable bonds is 4. The Morgan fingerprint density at radius 3 is 2.96 bits per heavy atom. The van der Waals surface area contributed by atoms with Gasteiger partial charge in [-0.15, -0.1) is 0 Å². The van der Waals surface area contributed by atoms with Gasteiger partial charge in [0.15, 0.2) is 0 Å². The van der Waals surface area contributed by atoms with Gasteiger partial charge in [-0.2, -0.15) is 0 Å². The van der Waals surface area contributed by atoms with Gasteiger partial charge < -0.3 is 10.1 Å². The summed E-state index contributed by atoms with van der Waals surface area (Å²) in [6.07, 6.45) is 0.170. The molecule has 0 spiro atoms. The summed E-state index contributed by atoms with van der Waals surface area (Å²) in [7, 11) is 0. The lowest BCUT2D eigenvalue weighted by molar-refractivity contribution is -0.126. The number of carbonyl (C=O) groups excluding carboxylic acids is 1. The molecule has 1 aromatic heterocycles. The summed E-state index contributed by atoms with van der Waals surface area (Å²) >= 11 is 0. The van der Waals surface area contributed by atoms with Crippen LogP contribution < -0.4 is 5.32 Å². The van der Waals surface area contributed by atoms with Crippen LogP contribution in [0.5, 0.6) is 0 Å². The zero-order valence-corrected chi connectivity index (χ0v) is 14.8. The quantitative estimate of drug-likeness (QED) is 0.928. The second kappa shape index (κ2) is 6.73. The van der Waals surface area contributed by atoms with Gasteiger partial charge in [-0.3, -0.25) is 14.7 Å². The van der Waals surface area contributed by atoms with Crippen LogP contribution >= 0.6 is 0 Å². The average molecular weight is 339 g/mol. The number of hydrogen-bond acceptors (Lipinski definition) is 4. The molecule has 2 aliphatic rings. The van der Waals surface area contributed by atoms with E-state index in [1.54, 1.807) is 0 Å². The Labute approximate surface area is 148 Å². The van der Waals surface area contributed by atoms with Crippen molar-refractivity contribution in [3.63, 3.8) is 0 Å². The van der Waals surface area contributed by atoms with E-state index in [4.69, 9.17) is 9.72 Å². The van der Waals surface area contributed by atoms with E-state index in [2.05, 4.69) is 28.4 Å². The molecule has 0 bridgehead atoms. The number of fused-ring (bicyclic) bond motifs is 2. The monoisotopic (exact) mass is 339 g/mol. The predicted molar refractivity (Wildman–Crippen MR) is 97.0 cm³/mol. The molecule has 0 saturated carbocycles. The van der Waals surface area contributed by atoms with Crippen LogP contribution in [0, 0.1) is 11.8 Å². The third kappa shape index (κ3) is 3.39. The molecule has 2 aliphatic heterocycles. The number of para-hydroxylation sites is 1. The van der Waals surface area contributed by atoms with Crippen molar-refractivity contribution in [3.8, 4) is 0 Å². The number of hydrogen-bond donors (Lipinski definition) is 1. The number of nitrogens with zero attached hydrogens (tertiary/aromatic N) is 2. The number of aromatic nitrogens is 1. The molecule has 1 aromatic carbocycles. The molecule has 0 radical (unpaired) electrons. The molecule has 132 valence electrons. The summed E-state index contributed by atoms with van der Waals surface area (Å²) in [5, 5.41) is 4.20. The maximum absolute atomic E-state index is 12.4. The zero-order chi connectivity index (χ0) is 17.4. The van der Waals surface area contributed by atoms with Gasteiger partial charge in [0.2, 0.25) is 5.91 Å². The van der Waals surface area contributed by atoms with Gasteiger partial charge in [0.05, 0.1) is 29.8 Å². The Balaban J connectivity index is 1.42. The second-order valence-electron chi connectivity index (χ2n) is 7.49. The van der Waals surface area contributed by atoms with Gasteiger partial charge in [-0.05, 0) is 26.0 Å². The Morgan fingerprint density at radius 1 is 1.28 bits per heavy atom. The van der Waals surface area contributed by atoms with E-state index in [0.717, 1.165) is 30.8 Å². The van der Waals surface area contributed by atoms with Crippen LogP contribution in [0.1, 0.15) is 19.5 Å². The molecular formula is C20H25N3O2. The van der Waals surface area contributed by atoms with Gasteiger partial charge in [-0.1, -0.05) is 24.3 Å². The van der Waals surface area contributed by atoms with E-state index >= 15 is 0 Å². The summed E-state index contributed by atoms with van der Waals surface area (Å²) in [5.41, 5.74) is 2.10. The van der Waals surface area contributed by atoms with E-state index in [0.29, 0.717) is 12.5 Å². The molecule has 1 amide bonds. The van der Waals surface area contributed by atoms with Crippen LogP contribution in [0.2, 0.25) is 0 Å². The first-order valence-electron chi connectivity index (χ1n) is 9.09. The molecule has 2 aromatic rings. The summed E-state index contributed by atoms with van der Waals surface area (Å²) in [6, 6.07) is 12.6. The van der Waals surface area contributed by atoms with Crippen molar-refractivity contribution in [2.45, 2.75) is 32.5 Å². The maximum Gasteiger partial charge on any atom is 0.226 e. The molecule has 3 heterocycles. The number of amides is 1. The minimum atomic E-state index is -0.0260. The van der Waals surface area contributed by atoms with E-state index in [1.807, 2.05) is 32.0 Å². The van der Waals surface area contributed by atoms with Crippen LogP contribution in [0.4, 0.5) is 0 Å². The fourth-order valence-corrected chi connectivity index (χ4v) is 4.01. The van der Waals surface area contributed by atoms with Crippen LogP contribution in [-0.2, 0) is 16.1 Å².